The molecule has 4 rings (SSSR count). The first-order valence-electron chi connectivity index (χ1n) is 9.95. The number of sulfonamides is 1. The Balaban J connectivity index is 1.44. The van der Waals surface area contributed by atoms with Crippen LogP contribution in [0.4, 0.5) is 18.0 Å². The highest BCUT2D eigenvalue weighted by atomic mass is 32.2. The molecule has 0 spiro atoms. The van der Waals surface area contributed by atoms with Crippen molar-refractivity contribution in [2.45, 2.75) is 36.4 Å². The smallest absolute Gasteiger partial charge is 0.391 e. The maximum atomic E-state index is 12.8. The van der Waals surface area contributed by atoms with Gasteiger partial charge in [0, 0.05) is 25.2 Å². The number of halogens is 3. The molecule has 0 saturated heterocycles. The van der Waals surface area contributed by atoms with Crippen molar-refractivity contribution in [3.05, 3.63) is 59.8 Å². The molecule has 0 atom stereocenters. The van der Waals surface area contributed by atoms with Crippen molar-refractivity contribution in [2.75, 3.05) is 13.1 Å². The van der Waals surface area contributed by atoms with Crippen LogP contribution in [0.1, 0.15) is 30.5 Å². The van der Waals surface area contributed by atoms with E-state index < -0.39 is 27.9 Å². The molecular weight excluding hydrogens is 447 g/mol. The molecule has 1 aromatic carbocycles. The third-order valence-corrected chi connectivity index (χ3v) is 7.02. The zero-order valence-electron chi connectivity index (χ0n) is 16.8. The van der Waals surface area contributed by atoms with Crippen molar-refractivity contribution >= 4 is 21.7 Å². The van der Waals surface area contributed by atoms with E-state index in [0.29, 0.717) is 12.1 Å². The average Bonchev–Trinajstić information content (AvgIpc) is 3.57. The lowest BCUT2D eigenvalue weighted by molar-refractivity contribution is -0.137. The number of amides is 1. The molecule has 32 heavy (non-hydrogen) atoms. The standard InChI is InChI=1S/C21H20F3N3O4S/c22-21(23,24)15-4-8-17(9-5-15)32(29,30)27-12-10-14(11-13-27)18-2-1-3-19(26-18)31-20(28)25-16-6-7-16/h1-5,8-10,16H,6-7,11-13H2,(H,25,28). The fraction of sp³-hybridized carbons (Fsp3) is 0.333. The van der Waals surface area contributed by atoms with Crippen LogP contribution in [-0.4, -0.2) is 42.9 Å². The molecule has 1 fully saturated rings. The molecule has 170 valence electrons. The quantitative estimate of drug-likeness (QED) is 0.722. The van der Waals surface area contributed by atoms with Gasteiger partial charge in [0.1, 0.15) is 0 Å². The van der Waals surface area contributed by atoms with Gasteiger partial charge < -0.3 is 10.1 Å². The van der Waals surface area contributed by atoms with Gasteiger partial charge in [-0.05, 0) is 55.2 Å². The fourth-order valence-electron chi connectivity index (χ4n) is 3.24. The summed E-state index contributed by atoms with van der Waals surface area (Å²) in [6.45, 7) is 0.192. The van der Waals surface area contributed by atoms with E-state index in [1.165, 1.54) is 4.31 Å². The topological polar surface area (TPSA) is 88.6 Å². The molecule has 2 aromatic rings. The van der Waals surface area contributed by atoms with Crippen LogP contribution in [0.3, 0.4) is 0 Å². The minimum Gasteiger partial charge on any atom is -0.391 e. The van der Waals surface area contributed by atoms with Crippen LogP contribution in [0.2, 0.25) is 0 Å². The molecule has 1 amide bonds. The van der Waals surface area contributed by atoms with E-state index in [2.05, 4.69) is 10.3 Å². The van der Waals surface area contributed by atoms with E-state index in [0.717, 1.165) is 42.7 Å². The summed E-state index contributed by atoms with van der Waals surface area (Å²) in [5.74, 6) is 0.140. The molecule has 1 aliphatic heterocycles. The second-order valence-electron chi connectivity index (χ2n) is 7.53. The number of alkyl halides is 3. The largest absolute Gasteiger partial charge is 0.416 e. The Bertz CT molecular complexity index is 1140. The number of hydrogen-bond acceptors (Lipinski definition) is 5. The van der Waals surface area contributed by atoms with Crippen LogP contribution in [0.15, 0.2) is 53.4 Å². The Morgan fingerprint density at radius 2 is 1.84 bits per heavy atom. The number of carbonyl (C=O) groups is 1. The number of nitrogens with zero attached hydrogens (tertiary/aromatic N) is 2. The van der Waals surface area contributed by atoms with Gasteiger partial charge in [0.15, 0.2) is 0 Å². The Labute approximate surface area is 182 Å². The van der Waals surface area contributed by atoms with Crippen LogP contribution in [0, 0.1) is 0 Å². The molecular formula is C21H20F3N3O4S. The fourth-order valence-corrected chi connectivity index (χ4v) is 4.62. The maximum absolute atomic E-state index is 12.8. The molecule has 1 aliphatic carbocycles. The van der Waals surface area contributed by atoms with Crippen molar-refractivity contribution in [3.8, 4) is 5.88 Å². The Morgan fingerprint density at radius 1 is 1.12 bits per heavy atom. The number of hydrogen-bond donors (Lipinski definition) is 1. The molecule has 2 heterocycles. The first-order chi connectivity index (χ1) is 15.1. The summed E-state index contributed by atoms with van der Waals surface area (Å²) in [4.78, 5) is 15.9. The number of benzene rings is 1. The molecule has 0 unspecified atom stereocenters. The minimum atomic E-state index is -4.53. The van der Waals surface area contributed by atoms with Crippen LogP contribution >= 0.6 is 0 Å². The molecule has 2 aliphatic rings. The van der Waals surface area contributed by atoms with Gasteiger partial charge in [0.25, 0.3) is 0 Å². The van der Waals surface area contributed by atoms with Gasteiger partial charge in [-0.15, -0.1) is 0 Å². The van der Waals surface area contributed by atoms with Gasteiger partial charge in [-0.2, -0.15) is 17.5 Å². The number of nitrogens with one attached hydrogen (secondary N) is 1. The van der Waals surface area contributed by atoms with Gasteiger partial charge in [-0.3, -0.25) is 0 Å². The SMILES string of the molecule is O=C(NC1CC1)Oc1cccc(C2=CCN(S(=O)(=O)c3ccc(C(F)(F)F)cc3)CC2)n1. The van der Waals surface area contributed by atoms with E-state index in [4.69, 9.17) is 4.74 Å². The van der Waals surface area contributed by atoms with E-state index in [-0.39, 0.29) is 29.9 Å². The van der Waals surface area contributed by atoms with E-state index in [1.807, 2.05) is 0 Å². The van der Waals surface area contributed by atoms with Crippen LogP contribution in [-0.2, 0) is 16.2 Å². The highest BCUT2D eigenvalue weighted by molar-refractivity contribution is 7.89. The first kappa shape index (κ1) is 22.3. The third-order valence-electron chi connectivity index (χ3n) is 5.14. The Hall–Kier alpha value is -2.92. The molecule has 7 nitrogen and oxygen atoms in total. The van der Waals surface area contributed by atoms with Gasteiger partial charge in [-0.1, -0.05) is 12.1 Å². The lowest BCUT2D eigenvalue weighted by Gasteiger charge is -2.26. The summed E-state index contributed by atoms with van der Waals surface area (Å²) in [5.41, 5.74) is 0.446. The van der Waals surface area contributed by atoms with Gasteiger partial charge >= 0.3 is 12.3 Å². The Kier molecular flexibility index (Phi) is 5.95. The van der Waals surface area contributed by atoms with Crippen molar-refractivity contribution in [2.24, 2.45) is 0 Å². The van der Waals surface area contributed by atoms with Crippen molar-refractivity contribution in [3.63, 3.8) is 0 Å². The monoisotopic (exact) mass is 467 g/mol. The second kappa shape index (κ2) is 8.55. The normalized spacial score (nSPS) is 17.5. The summed E-state index contributed by atoms with van der Waals surface area (Å²) in [6.07, 6.45) is -1.19. The van der Waals surface area contributed by atoms with Crippen molar-refractivity contribution in [1.29, 1.82) is 0 Å². The maximum Gasteiger partial charge on any atom is 0.416 e. The summed E-state index contributed by atoms with van der Waals surface area (Å²) in [5, 5.41) is 2.70. The zero-order chi connectivity index (χ0) is 22.9. The predicted octanol–water partition coefficient (Wildman–Crippen LogP) is 3.83. The van der Waals surface area contributed by atoms with Crippen molar-refractivity contribution in [1.82, 2.24) is 14.6 Å². The summed E-state index contributed by atoms with van der Waals surface area (Å²) < 4.78 is 70.2. The van der Waals surface area contributed by atoms with E-state index in [1.54, 1.807) is 24.3 Å². The number of ether oxygens (including phenoxy) is 1. The second-order valence-corrected chi connectivity index (χ2v) is 9.47. The van der Waals surface area contributed by atoms with Gasteiger partial charge in [0.2, 0.25) is 15.9 Å². The highest BCUT2D eigenvalue weighted by Gasteiger charge is 2.32. The minimum absolute atomic E-state index is 0.0492. The lowest BCUT2D eigenvalue weighted by Crippen LogP contribution is -2.34. The van der Waals surface area contributed by atoms with E-state index >= 15 is 0 Å². The number of pyridine rings is 1. The summed E-state index contributed by atoms with van der Waals surface area (Å²) in [7, 11) is -3.94. The summed E-state index contributed by atoms with van der Waals surface area (Å²) >= 11 is 0. The Morgan fingerprint density at radius 3 is 2.44 bits per heavy atom. The summed E-state index contributed by atoms with van der Waals surface area (Å²) in [6, 6.07) is 8.58. The molecule has 1 aromatic heterocycles. The first-order valence-corrected chi connectivity index (χ1v) is 11.4. The van der Waals surface area contributed by atoms with Crippen LogP contribution in [0.5, 0.6) is 5.88 Å². The molecule has 0 bridgehead atoms. The van der Waals surface area contributed by atoms with Gasteiger partial charge in [0.05, 0.1) is 16.2 Å². The third kappa shape index (κ3) is 5.10. The molecule has 0 radical (unpaired) electrons. The highest BCUT2D eigenvalue weighted by Crippen LogP contribution is 2.31. The molecule has 1 saturated carbocycles. The zero-order valence-corrected chi connectivity index (χ0v) is 17.6. The molecule has 1 N–H and O–H groups in total. The number of rotatable bonds is 5. The molecule has 11 heteroatoms. The van der Waals surface area contributed by atoms with Crippen molar-refractivity contribution < 1.29 is 31.1 Å². The predicted molar refractivity (Wildman–Crippen MR) is 109 cm³/mol. The number of aromatic nitrogens is 1. The van der Waals surface area contributed by atoms with Crippen LogP contribution in [0.25, 0.3) is 5.57 Å². The average molecular weight is 467 g/mol. The number of carbonyl (C=O) groups excluding carboxylic acids is 1. The van der Waals surface area contributed by atoms with Crippen LogP contribution < -0.4 is 10.1 Å². The lowest BCUT2D eigenvalue weighted by atomic mass is 10.1. The van der Waals surface area contributed by atoms with Gasteiger partial charge in [-0.25, -0.2) is 18.2 Å². The van der Waals surface area contributed by atoms with E-state index in [9.17, 15) is 26.4 Å².